The number of nitrogens with zero attached hydrogens (tertiary/aromatic N) is 3. The number of aromatic nitrogens is 3. The van der Waals surface area contributed by atoms with Crippen molar-refractivity contribution >= 4 is 23.4 Å². The summed E-state index contributed by atoms with van der Waals surface area (Å²) in [5, 5.41) is 17.3. The fraction of sp³-hybridized carbons (Fsp3) is 0.438. The molecule has 128 valence electrons. The molecule has 0 radical (unpaired) electrons. The van der Waals surface area contributed by atoms with E-state index in [1.54, 1.807) is 0 Å². The van der Waals surface area contributed by atoms with Crippen LogP contribution in [0.25, 0.3) is 11.7 Å². The number of amides is 1. The number of hydrogen-bond donors (Lipinski definition) is 3. The number of carbonyl (C=O) groups is 1. The number of nitrogen functional groups attached to an aromatic ring is 1. The fourth-order valence-corrected chi connectivity index (χ4v) is 2.69. The van der Waals surface area contributed by atoms with Crippen molar-refractivity contribution in [2.75, 3.05) is 5.73 Å². The van der Waals surface area contributed by atoms with E-state index in [0.29, 0.717) is 17.8 Å². The largest absolute Gasteiger partial charge is 0.492 e. The maximum absolute atomic E-state index is 12.9. The minimum absolute atomic E-state index is 0.0666. The molecule has 24 heavy (non-hydrogen) atoms. The molecule has 0 saturated heterocycles. The van der Waals surface area contributed by atoms with Gasteiger partial charge in [-0.3, -0.25) is 14.2 Å². The number of aromatic hydroxyl groups is 1. The summed E-state index contributed by atoms with van der Waals surface area (Å²) in [5.41, 5.74) is 5.79. The molecule has 1 amide bonds. The SMILES string of the molecule is C=Cc1c(N)nn2c(O)c(C(=O)NC3CC3)c(=O)n(CC(C)C)c12. The molecule has 0 aromatic carbocycles. The Bertz CT molecular complexity index is 889. The Kier molecular flexibility index (Phi) is 3.82. The Hall–Kier alpha value is -2.77. The molecule has 1 aliphatic rings. The van der Waals surface area contributed by atoms with Crippen LogP contribution in [-0.4, -0.2) is 31.2 Å². The standard InChI is InChI=1S/C16H21N5O3/c1-4-10-12(17)19-21-14(10)20(7-8(2)3)15(23)11(16(21)24)13(22)18-9-5-6-9/h4,8-9,24H,1,5-7H2,2-3H3,(H2,17,19)(H,18,22). The van der Waals surface area contributed by atoms with E-state index >= 15 is 0 Å². The van der Waals surface area contributed by atoms with E-state index in [2.05, 4.69) is 17.0 Å². The summed E-state index contributed by atoms with van der Waals surface area (Å²) in [7, 11) is 0. The zero-order chi connectivity index (χ0) is 17.6. The molecule has 1 fully saturated rings. The van der Waals surface area contributed by atoms with Crippen LogP contribution in [0.15, 0.2) is 11.4 Å². The van der Waals surface area contributed by atoms with Crippen molar-refractivity contribution in [3.63, 3.8) is 0 Å². The van der Waals surface area contributed by atoms with Crippen LogP contribution in [0.2, 0.25) is 0 Å². The van der Waals surface area contributed by atoms with Gasteiger partial charge < -0.3 is 16.2 Å². The molecule has 4 N–H and O–H groups in total. The van der Waals surface area contributed by atoms with Gasteiger partial charge >= 0.3 is 0 Å². The zero-order valence-electron chi connectivity index (χ0n) is 13.7. The average Bonchev–Trinajstić information content (AvgIpc) is 3.24. The van der Waals surface area contributed by atoms with Crippen LogP contribution in [-0.2, 0) is 6.54 Å². The average molecular weight is 331 g/mol. The lowest BCUT2D eigenvalue weighted by atomic mass is 10.2. The Morgan fingerprint density at radius 3 is 2.75 bits per heavy atom. The maximum atomic E-state index is 12.9. The summed E-state index contributed by atoms with van der Waals surface area (Å²) < 4.78 is 2.56. The molecule has 0 bridgehead atoms. The third-order valence-corrected chi connectivity index (χ3v) is 3.96. The zero-order valence-corrected chi connectivity index (χ0v) is 13.7. The van der Waals surface area contributed by atoms with E-state index in [1.807, 2.05) is 13.8 Å². The Morgan fingerprint density at radius 2 is 2.21 bits per heavy atom. The molecule has 8 nitrogen and oxygen atoms in total. The van der Waals surface area contributed by atoms with Gasteiger partial charge in [0.25, 0.3) is 11.5 Å². The summed E-state index contributed by atoms with van der Waals surface area (Å²) in [6.07, 6.45) is 3.24. The minimum Gasteiger partial charge on any atom is -0.492 e. The maximum Gasteiger partial charge on any atom is 0.270 e. The van der Waals surface area contributed by atoms with E-state index in [0.717, 1.165) is 17.4 Å². The van der Waals surface area contributed by atoms with Crippen molar-refractivity contribution in [3.05, 3.63) is 28.1 Å². The van der Waals surface area contributed by atoms with Crippen LogP contribution in [0.5, 0.6) is 5.88 Å². The molecule has 2 heterocycles. The summed E-state index contributed by atoms with van der Waals surface area (Å²) >= 11 is 0. The monoisotopic (exact) mass is 331 g/mol. The van der Waals surface area contributed by atoms with Gasteiger partial charge in [-0.25, -0.2) is 0 Å². The molecule has 8 heteroatoms. The molecule has 0 unspecified atom stereocenters. The summed E-state index contributed by atoms with van der Waals surface area (Å²) in [5.74, 6) is -0.817. The van der Waals surface area contributed by atoms with Crippen molar-refractivity contribution in [1.29, 1.82) is 0 Å². The highest BCUT2D eigenvalue weighted by Crippen LogP contribution is 2.26. The number of nitrogens with two attached hydrogens (primary N) is 1. The molecular weight excluding hydrogens is 310 g/mol. The van der Waals surface area contributed by atoms with Crippen molar-refractivity contribution in [2.45, 2.75) is 39.3 Å². The minimum atomic E-state index is -0.589. The van der Waals surface area contributed by atoms with Crippen LogP contribution in [0.3, 0.4) is 0 Å². The topological polar surface area (TPSA) is 115 Å². The summed E-state index contributed by atoms with van der Waals surface area (Å²) in [6.45, 7) is 7.95. The summed E-state index contributed by atoms with van der Waals surface area (Å²) in [6, 6.07) is 0.0666. The van der Waals surface area contributed by atoms with E-state index in [1.165, 1.54) is 10.6 Å². The quantitative estimate of drug-likeness (QED) is 0.755. The van der Waals surface area contributed by atoms with Gasteiger partial charge in [0.2, 0.25) is 5.88 Å². The highest BCUT2D eigenvalue weighted by atomic mass is 16.3. The van der Waals surface area contributed by atoms with E-state index in [-0.39, 0.29) is 23.3 Å². The molecule has 0 spiro atoms. The van der Waals surface area contributed by atoms with E-state index in [9.17, 15) is 14.7 Å². The van der Waals surface area contributed by atoms with Gasteiger partial charge in [-0.1, -0.05) is 26.5 Å². The number of carbonyl (C=O) groups excluding carboxylic acids is 1. The second kappa shape index (κ2) is 5.70. The van der Waals surface area contributed by atoms with Gasteiger partial charge in [0.05, 0.1) is 5.56 Å². The Labute approximate surface area is 138 Å². The van der Waals surface area contributed by atoms with Crippen LogP contribution in [0.4, 0.5) is 5.82 Å². The smallest absolute Gasteiger partial charge is 0.270 e. The Balaban J connectivity index is 2.31. The van der Waals surface area contributed by atoms with Crippen molar-refractivity contribution in [3.8, 4) is 5.88 Å². The number of fused-ring (bicyclic) bond motifs is 1. The highest BCUT2D eigenvalue weighted by Gasteiger charge is 2.30. The lowest BCUT2D eigenvalue weighted by Gasteiger charge is -2.15. The molecule has 0 atom stereocenters. The molecule has 1 saturated carbocycles. The second-order valence-corrected chi connectivity index (χ2v) is 6.49. The highest BCUT2D eigenvalue weighted by molar-refractivity contribution is 5.97. The normalized spacial score (nSPS) is 14.3. The van der Waals surface area contributed by atoms with Gasteiger partial charge in [0.1, 0.15) is 0 Å². The van der Waals surface area contributed by atoms with Gasteiger partial charge in [-0.2, -0.15) is 4.52 Å². The first-order valence-electron chi connectivity index (χ1n) is 7.92. The van der Waals surface area contributed by atoms with Crippen LogP contribution in [0.1, 0.15) is 42.6 Å². The first kappa shape index (κ1) is 16.1. The van der Waals surface area contributed by atoms with Crippen LogP contribution < -0.4 is 16.6 Å². The molecule has 2 aromatic rings. The van der Waals surface area contributed by atoms with Gasteiger partial charge in [-0.05, 0) is 18.8 Å². The molecule has 0 aliphatic heterocycles. The van der Waals surface area contributed by atoms with Gasteiger partial charge in [0.15, 0.2) is 17.0 Å². The third-order valence-electron chi connectivity index (χ3n) is 3.96. The predicted molar refractivity (Wildman–Crippen MR) is 90.9 cm³/mol. The third kappa shape index (κ3) is 2.53. The number of rotatable bonds is 5. The summed E-state index contributed by atoms with van der Waals surface area (Å²) in [4.78, 5) is 25.3. The first-order valence-corrected chi connectivity index (χ1v) is 7.92. The van der Waals surface area contributed by atoms with E-state index < -0.39 is 17.3 Å². The van der Waals surface area contributed by atoms with Crippen molar-refractivity contribution in [1.82, 2.24) is 19.5 Å². The van der Waals surface area contributed by atoms with Gasteiger partial charge in [-0.15, -0.1) is 5.10 Å². The van der Waals surface area contributed by atoms with E-state index in [4.69, 9.17) is 5.73 Å². The Morgan fingerprint density at radius 1 is 1.54 bits per heavy atom. The molecular formula is C16H21N5O3. The molecule has 2 aromatic heterocycles. The van der Waals surface area contributed by atoms with Crippen molar-refractivity contribution in [2.24, 2.45) is 5.92 Å². The number of nitrogens with one attached hydrogen (secondary N) is 1. The van der Waals surface area contributed by atoms with Crippen LogP contribution >= 0.6 is 0 Å². The van der Waals surface area contributed by atoms with Crippen molar-refractivity contribution < 1.29 is 9.90 Å². The lowest BCUT2D eigenvalue weighted by molar-refractivity contribution is 0.0944. The predicted octanol–water partition coefficient (Wildman–Crippen LogP) is 0.975. The lowest BCUT2D eigenvalue weighted by Crippen LogP contribution is -2.36. The molecule has 3 rings (SSSR count). The number of anilines is 1. The van der Waals surface area contributed by atoms with Crippen LogP contribution in [0, 0.1) is 5.92 Å². The fourth-order valence-electron chi connectivity index (χ4n) is 2.69. The second-order valence-electron chi connectivity index (χ2n) is 6.49. The first-order chi connectivity index (χ1) is 11.3. The van der Waals surface area contributed by atoms with Gasteiger partial charge in [0, 0.05) is 12.6 Å². The number of hydrogen-bond acceptors (Lipinski definition) is 5. The molecule has 1 aliphatic carbocycles.